The van der Waals surface area contributed by atoms with Gasteiger partial charge in [0.2, 0.25) is 0 Å². The third-order valence-corrected chi connectivity index (χ3v) is 3.87. The zero-order chi connectivity index (χ0) is 13.9. The van der Waals surface area contributed by atoms with Crippen molar-refractivity contribution in [3.63, 3.8) is 0 Å². The molecule has 0 amide bonds. The lowest BCUT2D eigenvalue weighted by Gasteiger charge is -2.26. The van der Waals surface area contributed by atoms with Crippen LogP contribution >= 0.6 is 11.8 Å². The van der Waals surface area contributed by atoms with Gasteiger partial charge in [-0.1, -0.05) is 11.8 Å². The number of nitrogens with one attached hydrogen (secondary N) is 1. The number of nitrogens with zero attached hydrogens (tertiary/aromatic N) is 3. The fourth-order valence-corrected chi connectivity index (χ4v) is 3.01. The lowest BCUT2D eigenvalue weighted by atomic mass is 10.3. The number of hydrogen-bond donors (Lipinski definition) is 1. The van der Waals surface area contributed by atoms with Crippen LogP contribution < -0.4 is 5.32 Å². The van der Waals surface area contributed by atoms with E-state index in [4.69, 9.17) is 0 Å². The highest BCUT2D eigenvalue weighted by molar-refractivity contribution is 8.16. The smallest absolute Gasteiger partial charge is 0.321 e. The Kier molecular flexibility index (Phi) is 4.75. The van der Waals surface area contributed by atoms with E-state index >= 15 is 0 Å². The second-order valence-corrected chi connectivity index (χ2v) is 5.31. The normalized spacial score (nSPS) is 18.9. The number of thioether (sulfide) groups is 1. The fraction of sp³-hybridized carbons (Fsp3) is 0.727. The minimum absolute atomic E-state index is 0.313. The Hall–Kier alpha value is -0.730. The third kappa shape index (κ3) is 4.12. The van der Waals surface area contributed by atoms with Crippen LogP contribution in [0, 0.1) is 0 Å². The predicted molar refractivity (Wildman–Crippen MR) is 71.1 cm³/mol. The third-order valence-electron chi connectivity index (χ3n) is 2.92. The lowest BCUT2D eigenvalue weighted by molar-refractivity contribution is -0.145. The summed E-state index contributed by atoms with van der Waals surface area (Å²) in [5.74, 6) is 0. The maximum Gasteiger partial charge on any atom is 0.401 e. The Bertz CT molecular complexity index is 381. The van der Waals surface area contributed by atoms with Crippen molar-refractivity contribution in [2.24, 2.45) is 4.99 Å². The van der Waals surface area contributed by atoms with E-state index in [-0.39, 0.29) is 0 Å². The monoisotopic (exact) mass is 294 g/mol. The summed E-state index contributed by atoms with van der Waals surface area (Å²) in [6, 6.07) is 0. The molecule has 108 valence electrons. The molecule has 0 saturated heterocycles. The molecule has 2 aliphatic heterocycles. The molecular weight excluding hydrogens is 277 g/mol. The van der Waals surface area contributed by atoms with Gasteiger partial charge < -0.3 is 10.2 Å². The number of rotatable bonds is 6. The van der Waals surface area contributed by atoms with Crippen LogP contribution in [-0.2, 0) is 0 Å². The number of halogens is 3. The van der Waals surface area contributed by atoms with Crippen molar-refractivity contribution in [3.8, 4) is 0 Å². The molecule has 0 aromatic rings. The van der Waals surface area contributed by atoms with E-state index in [1.807, 2.05) is 10.3 Å². The lowest BCUT2D eigenvalue weighted by Crippen LogP contribution is -2.41. The average molecular weight is 294 g/mol. The van der Waals surface area contributed by atoms with Gasteiger partial charge in [-0.05, 0) is 12.5 Å². The zero-order valence-corrected chi connectivity index (χ0v) is 11.5. The summed E-state index contributed by atoms with van der Waals surface area (Å²) in [4.78, 5) is 7.72. The van der Waals surface area contributed by atoms with Crippen molar-refractivity contribution in [3.05, 3.63) is 11.1 Å². The van der Waals surface area contributed by atoms with Crippen LogP contribution in [0.25, 0.3) is 0 Å². The van der Waals surface area contributed by atoms with E-state index in [0.717, 1.165) is 24.0 Å². The Morgan fingerprint density at radius 3 is 3.00 bits per heavy atom. The van der Waals surface area contributed by atoms with Crippen LogP contribution in [0.5, 0.6) is 0 Å². The first kappa shape index (κ1) is 14.7. The molecule has 0 bridgehead atoms. The van der Waals surface area contributed by atoms with Gasteiger partial charge in [0.15, 0.2) is 5.17 Å². The standard InChI is InChI=1S/C11H17F3N4S/c1-15-2-4-17(8-11(12,13)14)6-9-7-19-10-16-3-5-18(9)10/h7,15H,2-6,8H2,1H3. The predicted octanol–water partition coefficient (Wildman–Crippen LogP) is 1.33. The summed E-state index contributed by atoms with van der Waals surface area (Å²) in [5.41, 5.74) is 0.918. The molecule has 0 atom stereocenters. The number of alkyl halides is 3. The Morgan fingerprint density at radius 2 is 2.32 bits per heavy atom. The van der Waals surface area contributed by atoms with Crippen molar-refractivity contribution in [1.29, 1.82) is 0 Å². The molecule has 0 aromatic carbocycles. The first-order valence-corrected chi connectivity index (χ1v) is 6.99. The van der Waals surface area contributed by atoms with E-state index in [9.17, 15) is 13.2 Å². The molecule has 0 fully saturated rings. The number of aliphatic imine (C=N–C) groups is 1. The van der Waals surface area contributed by atoms with Gasteiger partial charge in [0.1, 0.15) is 0 Å². The van der Waals surface area contributed by atoms with Gasteiger partial charge in [0.25, 0.3) is 0 Å². The van der Waals surface area contributed by atoms with Crippen LogP contribution in [0.3, 0.4) is 0 Å². The second-order valence-electron chi connectivity index (χ2n) is 4.47. The van der Waals surface area contributed by atoms with Crippen molar-refractivity contribution < 1.29 is 13.2 Å². The molecule has 8 heteroatoms. The minimum Gasteiger partial charge on any atom is -0.321 e. The van der Waals surface area contributed by atoms with E-state index in [1.165, 1.54) is 16.7 Å². The maximum atomic E-state index is 12.6. The largest absolute Gasteiger partial charge is 0.401 e. The molecule has 0 unspecified atom stereocenters. The van der Waals surface area contributed by atoms with Gasteiger partial charge in [0.05, 0.1) is 13.1 Å². The highest BCUT2D eigenvalue weighted by Gasteiger charge is 2.33. The number of fused-ring (bicyclic) bond motifs is 1. The van der Waals surface area contributed by atoms with Gasteiger partial charge in [0, 0.05) is 31.9 Å². The van der Waals surface area contributed by atoms with Crippen molar-refractivity contribution in [2.45, 2.75) is 6.18 Å². The topological polar surface area (TPSA) is 30.9 Å². The Morgan fingerprint density at radius 1 is 1.53 bits per heavy atom. The molecule has 2 rings (SSSR count). The molecule has 2 heterocycles. The molecule has 0 aliphatic carbocycles. The SMILES string of the molecule is CNCCN(CC1=CSC2=NCCN12)CC(F)(F)F. The molecule has 19 heavy (non-hydrogen) atoms. The highest BCUT2D eigenvalue weighted by Crippen LogP contribution is 2.30. The highest BCUT2D eigenvalue weighted by atomic mass is 32.2. The second kappa shape index (κ2) is 6.15. The summed E-state index contributed by atoms with van der Waals surface area (Å²) in [6.07, 6.45) is -4.16. The van der Waals surface area contributed by atoms with E-state index in [1.54, 1.807) is 7.05 Å². The van der Waals surface area contributed by atoms with E-state index in [2.05, 4.69) is 10.3 Å². The summed E-state index contributed by atoms with van der Waals surface area (Å²) >= 11 is 1.50. The van der Waals surface area contributed by atoms with Crippen molar-refractivity contribution >= 4 is 16.9 Å². The van der Waals surface area contributed by atoms with Gasteiger partial charge in [-0.3, -0.25) is 9.89 Å². The Labute approximate surface area is 114 Å². The van der Waals surface area contributed by atoms with Crippen LogP contribution in [0.2, 0.25) is 0 Å². The fourth-order valence-electron chi connectivity index (χ4n) is 2.07. The first-order valence-electron chi connectivity index (χ1n) is 6.11. The van der Waals surface area contributed by atoms with Crippen LogP contribution in [0.15, 0.2) is 16.1 Å². The minimum atomic E-state index is -4.16. The van der Waals surface area contributed by atoms with Crippen molar-refractivity contribution in [2.75, 3.05) is 46.3 Å². The summed E-state index contributed by atoms with van der Waals surface area (Å²) in [5, 5.41) is 5.70. The summed E-state index contributed by atoms with van der Waals surface area (Å²) < 4.78 is 37.7. The molecule has 4 nitrogen and oxygen atoms in total. The number of likely N-dealkylation sites (N-methyl/N-ethyl adjacent to an activating group) is 1. The van der Waals surface area contributed by atoms with Crippen LogP contribution in [0.1, 0.15) is 0 Å². The zero-order valence-electron chi connectivity index (χ0n) is 10.7. The van der Waals surface area contributed by atoms with E-state index in [0.29, 0.717) is 19.6 Å². The van der Waals surface area contributed by atoms with Crippen LogP contribution in [-0.4, -0.2) is 67.5 Å². The van der Waals surface area contributed by atoms with Crippen molar-refractivity contribution in [1.82, 2.24) is 15.1 Å². The Balaban J connectivity index is 1.93. The maximum absolute atomic E-state index is 12.6. The van der Waals surface area contributed by atoms with Crippen LogP contribution in [0.4, 0.5) is 13.2 Å². The molecule has 0 saturated carbocycles. The molecular formula is C11H17F3N4S. The summed E-state index contributed by atoms with van der Waals surface area (Å²) in [6.45, 7) is 1.86. The molecule has 0 radical (unpaired) electrons. The number of amidine groups is 1. The molecule has 0 spiro atoms. The van der Waals surface area contributed by atoms with Gasteiger partial charge in [-0.15, -0.1) is 0 Å². The van der Waals surface area contributed by atoms with Gasteiger partial charge in [-0.25, -0.2) is 0 Å². The molecule has 1 N–H and O–H groups in total. The van der Waals surface area contributed by atoms with Gasteiger partial charge in [-0.2, -0.15) is 13.2 Å². The quantitative estimate of drug-likeness (QED) is 0.801. The summed E-state index contributed by atoms with van der Waals surface area (Å²) in [7, 11) is 1.74. The number of hydrogen-bond acceptors (Lipinski definition) is 5. The van der Waals surface area contributed by atoms with Gasteiger partial charge >= 0.3 is 6.18 Å². The van der Waals surface area contributed by atoms with E-state index < -0.39 is 12.7 Å². The molecule has 0 aromatic heterocycles. The first-order chi connectivity index (χ1) is 8.99. The molecule has 2 aliphatic rings. The average Bonchev–Trinajstić information content (AvgIpc) is 2.88.